The zero-order chi connectivity index (χ0) is 44.7. The van der Waals surface area contributed by atoms with Crippen molar-refractivity contribution in [2.45, 2.75) is 128 Å². The van der Waals surface area contributed by atoms with Gasteiger partial charge in [-0.05, 0) is 149 Å². The molecule has 0 saturated heterocycles. The Balaban J connectivity index is 1.38. The molecule has 5 heteroatoms. The molecular weight excluding hydrogens is 809 g/mol. The molecule has 0 spiro atoms. The highest BCUT2D eigenvalue weighted by molar-refractivity contribution is 8.01. The van der Waals surface area contributed by atoms with Gasteiger partial charge in [0.25, 0.3) is 0 Å². The Kier molecular flexibility index (Phi) is 9.79. The van der Waals surface area contributed by atoms with Gasteiger partial charge < -0.3 is 0 Å². The van der Waals surface area contributed by atoms with E-state index in [1.165, 1.54) is 38.9 Å². The minimum Gasteiger partial charge on any atom is -0.249 e. The average Bonchev–Trinajstić information content (AvgIpc) is 3.91. The van der Waals surface area contributed by atoms with E-state index in [-0.39, 0.29) is 23.7 Å². The van der Waals surface area contributed by atoms with Crippen LogP contribution in [0.2, 0.25) is 0 Å². The summed E-state index contributed by atoms with van der Waals surface area (Å²) in [6.45, 7) is 27.2. The highest BCUT2D eigenvalue weighted by atomic mass is 32.2. The van der Waals surface area contributed by atoms with Crippen LogP contribution in [-0.4, -0.2) is 12.6 Å². The third-order valence-corrected chi connectivity index (χ3v) is 17.6. The number of sulfone groups is 1. The van der Waals surface area contributed by atoms with Crippen molar-refractivity contribution in [3.63, 3.8) is 0 Å². The first-order valence-electron chi connectivity index (χ1n) is 23.0. The zero-order valence-corrected chi connectivity index (χ0v) is 40.4. The molecule has 1 unspecified atom stereocenters. The molecule has 0 saturated carbocycles. The monoisotopic (exact) mass is 866 g/mol. The van der Waals surface area contributed by atoms with Crippen molar-refractivity contribution in [3.8, 4) is 0 Å². The molecule has 0 aromatic heterocycles. The molecule has 10 rings (SSSR count). The predicted molar refractivity (Wildman–Crippen MR) is 266 cm³/mol. The van der Waals surface area contributed by atoms with Gasteiger partial charge in [-0.2, -0.15) is 0 Å². The Morgan fingerprint density at radius 3 is 1.35 bits per heavy atom. The lowest BCUT2D eigenvalue weighted by Crippen LogP contribution is -2.17. The second-order valence-corrected chi connectivity index (χ2v) is 23.4. The Hall–Kier alpha value is -5.10. The van der Waals surface area contributed by atoms with Crippen LogP contribution < -0.4 is 10.4 Å². The lowest BCUT2D eigenvalue weighted by molar-refractivity contribution is 0.606. The lowest BCUT2D eigenvalue weighted by atomic mass is 9.79. The summed E-state index contributed by atoms with van der Waals surface area (Å²) < 4.78 is 44.9. The predicted octanol–water partition coefficient (Wildman–Crippen LogP) is 13.7. The Morgan fingerprint density at radius 2 is 0.857 bits per heavy atom. The first kappa shape index (κ1) is 41.9. The van der Waals surface area contributed by atoms with E-state index in [0.29, 0.717) is 21.6 Å². The van der Waals surface area contributed by atoms with Gasteiger partial charge in [-0.25, -0.2) is 12.6 Å². The van der Waals surface area contributed by atoms with Crippen LogP contribution in [0.25, 0.3) is 42.9 Å². The van der Waals surface area contributed by atoms with Gasteiger partial charge in [0, 0.05) is 33.4 Å². The molecule has 0 radical (unpaired) electrons. The first-order chi connectivity index (χ1) is 29.9. The van der Waals surface area contributed by atoms with Crippen molar-refractivity contribution in [2.24, 2.45) is 0 Å². The van der Waals surface area contributed by atoms with Crippen molar-refractivity contribution in [3.05, 3.63) is 174 Å². The zero-order valence-electron chi connectivity index (χ0n) is 38.7. The maximum Gasteiger partial charge on any atom is 0.208 e. The Labute approximate surface area is 376 Å². The number of hydrogen-bond donors (Lipinski definition) is 0. The van der Waals surface area contributed by atoms with Crippen LogP contribution in [0, 0.1) is 0 Å². The topological polar surface area (TPSA) is 51.2 Å². The molecular formula is C58H58O3S2. The lowest BCUT2D eigenvalue weighted by Gasteiger charge is -2.25. The third-order valence-electron chi connectivity index (χ3n) is 14.1. The van der Waals surface area contributed by atoms with Crippen LogP contribution in [0.1, 0.15) is 185 Å². The molecule has 0 amide bonds. The van der Waals surface area contributed by atoms with Crippen LogP contribution in [-0.2, 0) is 20.6 Å². The fourth-order valence-corrected chi connectivity index (χ4v) is 14.3. The molecule has 63 heavy (non-hydrogen) atoms. The number of allylic oxidation sites excluding steroid dienone is 2. The highest BCUT2D eigenvalue weighted by Crippen LogP contribution is 2.55. The van der Waals surface area contributed by atoms with E-state index >= 15 is 0 Å². The summed E-state index contributed by atoms with van der Waals surface area (Å²) in [6.07, 6.45) is 0. The molecule has 2 aliphatic heterocycles. The van der Waals surface area contributed by atoms with E-state index in [0.717, 1.165) is 81.1 Å². The van der Waals surface area contributed by atoms with E-state index in [1.54, 1.807) is 6.07 Å². The summed E-state index contributed by atoms with van der Waals surface area (Å²) in [7, 11) is -5.23. The second-order valence-electron chi connectivity index (χ2n) is 20.1. The van der Waals surface area contributed by atoms with E-state index in [2.05, 4.69) is 144 Å². The molecule has 2 heterocycles. The molecule has 6 aromatic rings. The Morgan fingerprint density at radius 1 is 0.429 bits per heavy atom. The molecule has 2 aliphatic carbocycles. The number of benzene rings is 6. The summed E-state index contributed by atoms with van der Waals surface area (Å²) in [5.41, 5.74) is 17.8. The van der Waals surface area contributed by atoms with Crippen molar-refractivity contribution >= 4 is 63.5 Å². The van der Waals surface area contributed by atoms with Crippen LogP contribution in [0.5, 0.6) is 0 Å². The number of fused-ring (bicyclic) bond motifs is 9. The molecule has 0 fully saturated rings. The minimum absolute atomic E-state index is 0.202. The number of rotatable bonds is 8. The van der Waals surface area contributed by atoms with Gasteiger partial charge in [0.05, 0.1) is 30.4 Å². The first-order valence-corrected chi connectivity index (χ1v) is 25.6. The number of hydrogen-bond acceptors (Lipinski definition) is 3. The van der Waals surface area contributed by atoms with E-state index in [4.69, 9.17) is 0 Å². The molecule has 4 aliphatic rings. The standard InChI is InChI=1S/C58H58O3S2/c1-29(2)35-21-41(31(5)6)51(42(22-35)32(7)8)53-45-25-38-28-48-46(26-37(38)27-47(45)57-55(53)39-17-13-15-19-49(39)62(57)59)54(56-40-18-14-16-20-50(40)63(60,61)58(48)56)52-43(33(9)10)23-36(30(3)4)24-44(52)34(11)12/h13-34H,1-12H3. The summed E-state index contributed by atoms with van der Waals surface area (Å²) in [5, 5.41) is 4.01. The van der Waals surface area contributed by atoms with E-state index in [9.17, 15) is 12.6 Å². The van der Waals surface area contributed by atoms with Gasteiger partial charge in [-0.1, -0.05) is 144 Å². The summed E-state index contributed by atoms with van der Waals surface area (Å²) in [4.78, 5) is 2.55. The second kappa shape index (κ2) is 14.7. The van der Waals surface area contributed by atoms with Gasteiger partial charge in [0.2, 0.25) is 9.84 Å². The smallest absolute Gasteiger partial charge is 0.208 e. The summed E-state index contributed by atoms with van der Waals surface area (Å²) in [5.74, 6) is 1.62. The van der Waals surface area contributed by atoms with Crippen molar-refractivity contribution < 1.29 is 12.6 Å². The van der Waals surface area contributed by atoms with Gasteiger partial charge in [-0.3, -0.25) is 0 Å². The maximum absolute atomic E-state index is 15.0. The van der Waals surface area contributed by atoms with E-state index in [1.807, 2.05) is 30.3 Å². The molecule has 3 nitrogen and oxygen atoms in total. The van der Waals surface area contributed by atoms with Crippen LogP contribution in [0.3, 0.4) is 0 Å². The molecule has 1 atom stereocenters. The van der Waals surface area contributed by atoms with Crippen molar-refractivity contribution in [1.82, 2.24) is 0 Å². The minimum atomic E-state index is -3.85. The van der Waals surface area contributed by atoms with Crippen LogP contribution in [0.15, 0.2) is 107 Å². The van der Waals surface area contributed by atoms with Crippen LogP contribution in [0.4, 0.5) is 0 Å². The maximum atomic E-state index is 15.0. The van der Waals surface area contributed by atoms with Crippen LogP contribution >= 0.6 is 0 Å². The van der Waals surface area contributed by atoms with Gasteiger partial charge in [0.1, 0.15) is 0 Å². The highest BCUT2D eigenvalue weighted by Gasteiger charge is 2.44. The van der Waals surface area contributed by atoms with Gasteiger partial charge >= 0.3 is 0 Å². The summed E-state index contributed by atoms with van der Waals surface area (Å²) >= 11 is 0. The van der Waals surface area contributed by atoms with Crippen molar-refractivity contribution in [1.29, 1.82) is 0 Å². The molecule has 320 valence electrons. The largest absolute Gasteiger partial charge is 0.249 e. The Bertz CT molecular complexity index is 3310. The summed E-state index contributed by atoms with van der Waals surface area (Å²) in [6, 6.07) is 34.3. The van der Waals surface area contributed by atoms with Gasteiger partial charge in [-0.15, -0.1) is 0 Å². The van der Waals surface area contributed by atoms with E-state index < -0.39 is 20.6 Å². The third kappa shape index (κ3) is 6.01. The fourth-order valence-electron chi connectivity index (χ4n) is 10.9. The molecule has 6 aromatic carbocycles. The fraction of sp³-hybridized carbons (Fsp3) is 0.310. The average molecular weight is 867 g/mol. The normalized spacial score (nSPS) is 17.1. The van der Waals surface area contributed by atoms with Crippen molar-refractivity contribution in [2.75, 3.05) is 0 Å². The molecule has 0 N–H and O–H groups in total. The SMILES string of the molecule is CC(C)c1cc(C(C)C)c(C2=c3cc4cc5c(cc4cc3C3=C2c2ccccc2S3=O)=C(c2c(C(C)C)cc(C(C)C)cc2C(C)C)C2=C5S(=O)(=O)c3ccccc32)c(C(C)C)c1. The molecule has 0 bridgehead atoms. The quantitative estimate of drug-likeness (QED) is 0.153. The van der Waals surface area contributed by atoms with Gasteiger partial charge in [0.15, 0.2) is 0 Å².